The van der Waals surface area contributed by atoms with Crippen LogP contribution < -0.4 is 108 Å². The van der Waals surface area contributed by atoms with Crippen molar-refractivity contribution in [1.82, 2.24) is 0 Å². The fourth-order valence-electron chi connectivity index (χ4n) is 0. The maximum Gasteiger partial charge on any atom is 1.00 e. The second-order valence-corrected chi connectivity index (χ2v) is 1.36. The van der Waals surface area contributed by atoms with Gasteiger partial charge in [0.1, 0.15) is 0 Å². The maximum atomic E-state index is 8.44. The smallest absolute Gasteiger partial charge is 0.870 e. The average Bonchev–Trinajstić information content (AvgIpc) is 1.25. The summed E-state index contributed by atoms with van der Waals surface area (Å²) in [5.41, 5.74) is 0. The van der Waals surface area contributed by atoms with E-state index in [1.807, 2.05) is 0 Å². The summed E-state index contributed by atoms with van der Waals surface area (Å²) in [4.78, 5) is 8.44. The van der Waals surface area contributed by atoms with Gasteiger partial charge in [0.15, 0.2) is 0 Å². The minimum absolute atomic E-state index is 0. The molecule has 0 aromatic rings. The fraction of sp³-hybridized carbons (Fsp3) is 0.750. The number of hydrogen-bond donors (Lipinski definition) is 2. The van der Waals surface area contributed by atoms with Crippen molar-refractivity contribution in [1.29, 1.82) is 0 Å². The second kappa shape index (κ2) is 22.9. The molecular formula is C4H10K2O5. The SMILES string of the molecule is CC(C)O.O=C([O-])O.[K+].[K+].[OH-]. The summed E-state index contributed by atoms with van der Waals surface area (Å²) < 4.78 is 0. The van der Waals surface area contributed by atoms with E-state index < -0.39 is 6.16 Å². The van der Waals surface area contributed by atoms with E-state index >= 15 is 0 Å². The fourth-order valence-corrected chi connectivity index (χ4v) is 0. The molecule has 0 atom stereocenters. The van der Waals surface area contributed by atoms with E-state index in [1.165, 1.54) is 0 Å². The Morgan fingerprint density at radius 2 is 1.36 bits per heavy atom. The van der Waals surface area contributed by atoms with E-state index in [4.69, 9.17) is 20.1 Å². The first kappa shape index (κ1) is 29.2. The van der Waals surface area contributed by atoms with Gasteiger partial charge in [0, 0.05) is 6.10 Å². The van der Waals surface area contributed by atoms with Gasteiger partial charge in [-0.1, -0.05) is 0 Å². The van der Waals surface area contributed by atoms with E-state index in [2.05, 4.69) is 0 Å². The molecule has 0 saturated carbocycles. The zero-order valence-corrected chi connectivity index (χ0v) is 13.5. The summed E-state index contributed by atoms with van der Waals surface area (Å²) in [5, 5.41) is 23.4. The zero-order valence-electron chi connectivity index (χ0n) is 7.24. The first-order valence-electron chi connectivity index (χ1n) is 2.04. The largest absolute Gasteiger partial charge is 1.00 e. The van der Waals surface area contributed by atoms with Crippen LogP contribution in [0, 0.1) is 0 Å². The van der Waals surface area contributed by atoms with Crippen molar-refractivity contribution in [3.05, 3.63) is 0 Å². The number of aliphatic hydroxyl groups is 1. The third-order valence-electron chi connectivity index (χ3n) is 0. The molecule has 11 heavy (non-hydrogen) atoms. The molecule has 0 saturated heterocycles. The van der Waals surface area contributed by atoms with Crippen LogP contribution in [-0.2, 0) is 0 Å². The molecule has 0 aliphatic heterocycles. The Balaban J connectivity index is -0.0000000171. The molecule has 0 fully saturated rings. The van der Waals surface area contributed by atoms with Crippen LogP contribution in [0.3, 0.4) is 0 Å². The van der Waals surface area contributed by atoms with Crippen molar-refractivity contribution in [2.75, 3.05) is 0 Å². The minimum Gasteiger partial charge on any atom is -0.870 e. The monoisotopic (exact) mass is 216 g/mol. The van der Waals surface area contributed by atoms with Crippen LogP contribution in [-0.4, -0.2) is 27.9 Å². The molecule has 0 unspecified atom stereocenters. The Hall–Kier alpha value is 2.46. The van der Waals surface area contributed by atoms with Gasteiger partial charge in [-0.2, -0.15) is 0 Å². The summed E-state index contributed by atoms with van der Waals surface area (Å²) in [5.74, 6) is 0. The van der Waals surface area contributed by atoms with E-state index in [0.29, 0.717) is 0 Å². The number of carboxylic acid groups (broad SMARTS) is 2. The van der Waals surface area contributed by atoms with Gasteiger partial charge >= 0.3 is 103 Å². The summed E-state index contributed by atoms with van der Waals surface area (Å²) in [6, 6.07) is 0. The summed E-state index contributed by atoms with van der Waals surface area (Å²) in [6.07, 6.45) is -2.25. The van der Waals surface area contributed by atoms with Crippen LogP contribution in [0.5, 0.6) is 0 Å². The van der Waals surface area contributed by atoms with Gasteiger partial charge in [-0.05, 0) is 13.8 Å². The molecule has 0 aromatic carbocycles. The van der Waals surface area contributed by atoms with Crippen molar-refractivity contribution >= 4 is 6.16 Å². The second-order valence-electron chi connectivity index (χ2n) is 1.36. The first-order chi connectivity index (χ1) is 3.46. The summed E-state index contributed by atoms with van der Waals surface area (Å²) >= 11 is 0. The normalized spacial score (nSPS) is 5.45. The maximum absolute atomic E-state index is 8.44. The molecule has 0 spiro atoms. The molecule has 7 heteroatoms. The average molecular weight is 216 g/mol. The summed E-state index contributed by atoms with van der Waals surface area (Å²) in [7, 11) is 0. The Bertz CT molecular complexity index is 60.7. The molecule has 0 amide bonds. The van der Waals surface area contributed by atoms with Crippen LogP contribution in [0.15, 0.2) is 0 Å². The first-order valence-corrected chi connectivity index (χ1v) is 2.04. The van der Waals surface area contributed by atoms with Crippen molar-refractivity contribution < 1.29 is 128 Å². The molecule has 0 rings (SSSR count). The van der Waals surface area contributed by atoms with Gasteiger partial charge in [0.25, 0.3) is 0 Å². The van der Waals surface area contributed by atoms with Crippen molar-refractivity contribution in [3.8, 4) is 0 Å². The molecular weight excluding hydrogens is 206 g/mol. The van der Waals surface area contributed by atoms with Gasteiger partial charge in [-0.3, -0.25) is 0 Å². The van der Waals surface area contributed by atoms with Crippen LogP contribution >= 0.6 is 0 Å². The Morgan fingerprint density at radius 1 is 1.36 bits per heavy atom. The molecule has 0 heterocycles. The van der Waals surface area contributed by atoms with Crippen LogP contribution in [0.4, 0.5) is 4.79 Å². The molecule has 0 bridgehead atoms. The van der Waals surface area contributed by atoms with E-state index in [9.17, 15) is 0 Å². The standard InChI is InChI=1S/C3H8O.CH2O3.2K.H2O/c1-3(2)4;2-1(3)4;;;/h3-4H,1-2H3;(H2,2,3,4);;;1H2/q;;2*+1;/p-2. The molecule has 0 aromatic heterocycles. The van der Waals surface area contributed by atoms with Crippen LogP contribution in [0.2, 0.25) is 0 Å². The van der Waals surface area contributed by atoms with Gasteiger partial charge in [0.05, 0.1) is 0 Å². The number of aliphatic hydroxyl groups excluding tert-OH is 1. The van der Waals surface area contributed by atoms with E-state index in [0.717, 1.165) is 0 Å². The molecule has 5 nitrogen and oxygen atoms in total. The van der Waals surface area contributed by atoms with E-state index in [1.54, 1.807) is 13.8 Å². The van der Waals surface area contributed by atoms with Gasteiger partial charge in [-0.25, -0.2) is 0 Å². The minimum atomic E-state index is -2.08. The van der Waals surface area contributed by atoms with Crippen molar-refractivity contribution in [2.45, 2.75) is 20.0 Å². The topological polar surface area (TPSA) is 111 Å². The van der Waals surface area contributed by atoms with Crippen LogP contribution in [0.25, 0.3) is 0 Å². The van der Waals surface area contributed by atoms with Gasteiger partial charge in [0.2, 0.25) is 6.16 Å². The van der Waals surface area contributed by atoms with Crippen molar-refractivity contribution in [2.24, 2.45) is 0 Å². The molecule has 58 valence electrons. The van der Waals surface area contributed by atoms with Gasteiger partial charge in [-0.15, -0.1) is 0 Å². The number of carbonyl (C=O) groups is 1. The molecule has 0 aliphatic rings. The molecule has 0 radical (unpaired) electrons. The van der Waals surface area contributed by atoms with Gasteiger partial charge < -0.3 is 25.6 Å². The third-order valence-corrected chi connectivity index (χ3v) is 0. The molecule has 0 aliphatic carbocycles. The summed E-state index contributed by atoms with van der Waals surface area (Å²) in [6.45, 7) is 3.44. The predicted molar refractivity (Wildman–Crippen MR) is 27.3 cm³/mol. The number of rotatable bonds is 0. The van der Waals surface area contributed by atoms with Crippen LogP contribution in [0.1, 0.15) is 13.8 Å². The Kier molecular flexibility index (Phi) is 60.7. The predicted octanol–water partition coefficient (Wildman–Crippen LogP) is -6.89. The number of hydrogen-bond acceptors (Lipinski definition) is 4. The van der Waals surface area contributed by atoms with Crippen molar-refractivity contribution in [3.63, 3.8) is 0 Å². The quantitative estimate of drug-likeness (QED) is 0.391. The Morgan fingerprint density at radius 3 is 1.36 bits per heavy atom. The molecule has 3 N–H and O–H groups in total. The third kappa shape index (κ3) is 225. The Labute approximate surface area is 151 Å². The van der Waals surface area contributed by atoms with E-state index in [-0.39, 0.29) is 114 Å². The zero-order chi connectivity index (χ0) is 7.15.